The van der Waals surface area contributed by atoms with Crippen molar-refractivity contribution in [2.45, 2.75) is 38.6 Å². The predicted octanol–water partition coefficient (Wildman–Crippen LogP) is 2.43. The molecule has 2 unspecified atom stereocenters. The van der Waals surface area contributed by atoms with Crippen LogP contribution in [-0.4, -0.2) is 54.7 Å². The Balaban J connectivity index is 1.61. The zero-order valence-electron chi connectivity index (χ0n) is 14.0. The molecule has 3 rings (SSSR count). The lowest BCUT2D eigenvalue weighted by atomic mass is 10.1. The van der Waals surface area contributed by atoms with Crippen molar-refractivity contribution in [3.05, 3.63) is 12.4 Å². The lowest BCUT2D eigenvalue weighted by Crippen LogP contribution is -2.34. The van der Waals surface area contributed by atoms with Crippen molar-refractivity contribution in [3.8, 4) is 5.88 Å². The summed E-state index contributed by atoms with van der Waals surface area (Å²) in [5, 5.41) is 0. The van der Waals surface area contributed by atoms with Gasteiger partial charge in [-0.05, 0) is 38.8 Å². The second kappa shape index (κ2) is 6.82. The lowest BCUT2D eigenvalue weighted by molar-refractivity contribution is 0.242. The first-order valence-electron chi connectivity index (χ1n) is 8.49. The van der Waals surface area contributed by atoms with Gasteiger partial charge >= 0.3 is 0 Å². The lowest BCUT2D eigenvalue weighted by Gasteiger charge is -2.22. The fourth-order valence-electron chi connectivity index (χ4n) is 3.75. The fraction of sp³-hybridized carbons (Fsp3) is 0.765. The molecule has 2 atom stereocenters. The summed E-state index contributed by atoms with van der Waals surface area (Å²) < 4.78 is 5.88. The Hall–Kier alpha value is -1.36. The van der Waals surface area contributed by atoms with Gasteiger partial charge in [-0.3, -0.25) is 4.98 Å². The summed E-state index contributed by atoms with van der Waals surface area (Å²) >= 11 is 0. The first-order valence-corrected chi connectivity index (χ1v) is 8.49. The van der Waals surface area contributed by atoms with Crippen LogP contribution in [0.25, 0.3) is 0 Å². The van der Waals surface area contributed by atoms with Gasteiger partial charge in [-0.15, -0.1) is 0 Å². The Morgan fingerprint density at radius 3 is 2.68 bits per heavy atom. The minimum absolute atomic E-state index is 0.574. The summed E-state index contributed by atoms with van der Waals surface area (Å²) in [5.41, 5.74) is 0. The van der Waals surface area contributed by atoms with E-state index in [0.717, 1.165) is 25.5 Å². The smallest absolute Gasteiger partial charge is 0.234 e. The van der Waals surface area contributed by atoms with Crippen LogP contribution in [0.15, 0.2) is 12.4 Å². The molecule has 0 bridgehead atoms. The topological polar surface area (TPSA) is 41.5 Å². The van der Waals surface area contributed by atoms with Crippen LogP contribution in [0.3, 0.4) is 0 Å². The molecule has 5 nitrogen and oxygen atoms in total. The van der Waals surface area contributed by atoms with Crippen molar-refractivity contribution < 1.29 is 4.74 Å². The molecule has 0 aromatic carbocycles. The number of ether oxygens (including phenoxy) is 1. The molecule has 1 aliphatic carbocycles. The Labute approximate surface area is 133 Å². The second-order valence-electron chi connectivity index (χ2n) is 7.09. The van der Waals surface area contributed by atoms with Crippen LogP contribution in [0.5, 0.6) is 5.88 Å². The highest BCUT2D eigenvalue weighted by Gasteiger charge is 2.31. The first-order chi connectivity index (χ1) is 10.6. The Bertz CT molecular complexity index is 487. The van der Waals surface area contributed by atoms with Crippen LogP contribution in [0.2, 0.25) is 0 Å². The molecule has 0 radical (unpaired) electrons. The summed E-state index contributed by atoms with van der Waals surface area (Å²) in [4.78, 5) is 13.6. The maximum absolute atomic E-state index is 5.88. The molecule has 2 fully saturated rings. The van der Waals surface area contributed by atoms with Crippen LogP contribution >= 0.6 is 0 Å². The standard InChI is InChI=1S/C17H28N4O/c1-13-10-21(11-15(13)20(2)3)16-8-18-9-17(19-16)22-12-14-6-4-5-7-14/h8-9,13-15H,4-7,10-12H2,1-3H3. The van der Waals surface area contributed by atoms with E-state index in [9.17, 15) is 0 Å². The average molecular weight is 304 g/mol. The Morgan fingerprint density at radius 1 is 1.23 bits per heavy atom. The van der Waals surface area contributed by atoms with Gasteiger partial charge in [0, 0.05) is 19.1 Å². The maximum atomic E-state index is 5.88. The first kappa shape index (κ1) is 15.5. The van der Waals surface area contributed by atoms with E-state index in [4.69, 9.17) is 4.74 Å². The van der Waals surface area contributed by atoms with Gasteiger partial charge in [0.05, 0.1) is 19.0 Å². The number of likely N-dealkylation sites (N-methyl/N-ethyl adjacent to an activating group) is 1. The van der Waals surface area contributed by atoms with Crippen molar-refractivity contribution in [2.75, 3.05) is 38.7 Å². The van der Waals surface area contributed by atoms with E-state index in [1.165, 1.54) is 25.7 Å². The highest BCUT2D eigenvalue weighted by atomic mass is 16.5. The third-order valence-corrected chi connectivity index (χ3v) is 5.10. The number of rotatable bonds is 5. The molecule has 122 valence electrons. The summed E-state index contributed by atoms with van der Waals surface area (Å²) in [6.07, 6.45) is 8.87. The molecule has 2 heterocycles. The second-order valence-corrected chi connectivity index (χ2v) is 7.09. The van der Waals surface area contributed by atoms with Gasteiger partial charge in [0.25, 0.3) is 0 Å². The van der Waals surface area contributed by atoms with Crippen LogP contribution < -0.4 is 9.64 Å². The van der Waals surface area contributed by atoms with Crippen LogP contribution in [-0.2, 0) is 0 Å². The Kier molecular flexibility index (Phi) is 4.81. The normalized spacial score (nSPS) is 26.1. The number of hydrogen-bond acceptors (Lipinski definition) is 5. The zero-order valence-corrected chi connectivity index (χ0v) is 14.0. The molecular weight excluding hydrogens is 276 g/mol. The van der Waals surface area contributed by atoms with Crippen molar-refractivity contribution in [2.24, 2.45) is 11.8 Å². The van der Waals surface area contributed by atoms with Gasteiger partial charge in [0.1, 0.15) is 0 Å². The van der Waals surface area contributed by atoms with Crippen molar-refractivity contribution >= 4 is 5.82 Å². The molecule has 1 aliphatic heterocycles. The molecule has 5 heteroatoms. The van der Waals surface area contributed by atoms with E-state index in [2.05, 4.69) is 40.8 Å². The van der Waals surface area contributed by atoms with Gasteiger partial charge < -0.3 is 14.5 Å². The molecule has 0 amide bonds. The summed E-state index contributed by atoms with van der Waals surface area (Å²) in [7, 11) is 4.30. The van der Waals surface area contributed by atoms with Gasteiger partial charge in [-0.1, -0.05) is 19.8 Å². The van der Waals surface area contributed by atoms with Crippen molar-refractivity contribution in [3.63, 3.8) is 0 Å². The molecule has 1 aromatic rings. The van der Waals surface area contributed by atoms with E-state index in [-0.39, 0.29) is 0 Å². The largest absolute Gasteiger partial charge is 0.476 e. The highest BCUT2D eigenvalue weighted by molar-refractivity contribution is 5.39. The minimum atomic E-state index is 0.574. The molecule has 22 heavy (non-hydrogen) atoms. The average Bonchev–Trinajstić information content (AvgIpc) is 3.14. The molecule has 0 N–H and O–H groups in total. The molecule has 0 spiro atoms. The quantitative estimate of drug-likeness (QED) is 0.836. The highest BCUT2D eigenvalue weighted by Crippen LogP contribution is 2.27. The third-order valence-electron chi connectivity index (χ3n) is 5.10. The zero-order chi connectivity index (χ0) is 15.5. The number of anilines is 1. The monoisotopic (exact) mass is 304 g/mol. The van der Waals surface area contributed by atoms with E-state index < -0.39 is 0 Å². The van der Waals surface area contributed by atoms with E-state index in [1.807, 2.05) is 6.20 Å². The minimum Gasteiger partial charge on any atom is -0.476 e. The van der Waals surface area contributed by atoms with Gasteiger partial charge in [-0.25, -0.2) is 0 Å². The van der Waals surface area contributed by atoms with Crippen LogP contribution in [0.4, 0.5) is 5.82 Å². The number of aromatic nitrogens is 2. The third kappa shape index (κ3) is 3.51. The van der Waals surface area contributed by atoms with Crippen molar-refractivity contribution in [1.82, 2.24) is 14.9 Å². The predicted molar refractivity (Wildman–Crippen MR) is 88.3 cm³/mol. The van der Waals surface area contributed by atoms with Crippen LogP contribution in [0.1, 0.15) is 32.6 Å². The molecular formula is C17H28N4O. The van der Waals surface area contributed by atoms with E-state index in [1.54, 1.807) is 6.20 Å². The van der Waals surface area contributed by atoms with Gasteiger partial charge in [-0.2, -0.15) is 4.98 Å². The fourth-order valence-corrected chi connectivity index (χ4v) is 3.75. The van der Waals surface area contributed by atoms with Crippen LogP contribution in [0, 0.1) is 11.8 Å². The number of nitrogens with zero attached hydrogens (tertiary/aromatic N) is 4. The molecule has 1 aromatic heterocycles. The summed E-state index contributed by atoms with van der Waals surface area (Å²) in [6.45, 7) is 5.13. The molecule has 1 saturated heterocycles. The number of hydrogen-bond donors (Lipinski definition) is 0. The van der Waals surface area contributed by atoms with E-state index in [0.29, 0.717) is 23.8 Å². The molecule has 2 aliphatic rings. The molecule has 1 saturated carbocycles. The summed E-state index contributed by atoms with van der Waals surface area (Å²) in [6, 6.07) is 0.574. The summed E-state index contributed by atoms with van der Waals surface area (Å²) in [5.74, 6) is 2.96. The maximum Gasteiger partial charge on any atom is 0.234 e. The van der Waals surface area contributed by atoms with Gasteiger partial charge in [0.2, 0.25) is 5.88 Å². The van der Waals surface area contributed by atoms with E-state index >= 15 is 0 Å². The van der Waals surface area contributed by atoms with Crippen molar-refractivity contribution in [1.29, 1.82) is 0 Å². The SMILES string of the molecule is CC1CN(c2cncc(OCC3CCCC3)n2)CC1N(C)C. The Morgan fingerprint density at radius 2 is 2.00 bits per heavy atom. The van der Waals surface area contributed by atoms with Gasteiger partial charge in [0.15, 0.2) is 5.82 Å².